The molecule has 13 heteroatoms. The summed E-state index contributed by atoms with van der Waals surface area (Å²) in [5.41, 5.74) is 4.61. The molecule has 1 aliphatic rings. The van der Waals surface area contributed by atoms with Gasteiger partial charge < -0.3 is 34.7 Å². The van der Waals surface area contributed by atoms with Crippen molar-refractivity contribution in [3.8, 4) is 0 Å². The predicted molar refractivity (Wildman–Crippen MR) is 77.6 cm³/mol. The third-order valence-electron chi connectivity index (χ3n) is 3.96. The molecular weight excluding hydrogens is 347 g/mol. The minimum Gasteiger partial charge on any atom is -0.390 e. The van der Waals surface area contributed by atoms with Crippen molar-refractivity contribution in [1.82, 2.24) is 14.5 Å². The third-order valence-corrected chi connectivity index (χ3v) is 4.45. The number of aliphatic hydroxyl groups excluding tert-OH is 2. The highest BCUT2D eigenvalue weighted by Gasteiger charge is 2.44. The van der Waals surface area contributed by atoms with Crippen molar-refractivity contribution >= 4 is 25.0 Å². The Hall–Kier alpha value is -1.82. The van der Waals surface area contributed by atoms with Crippen LogP contribution < -0.4 is 11.4 Å². The molecule has 0 saturated heterocycles. The van der Waals surface area contributed by atoms with Gasteiger partial charge in [-0.25, -0.2) is 14.3 Å². The third kappa shape index (κ3) is 3.07. The van der Waals surface area contributed by atoms with Crippen LogP contribution in [0.2, 0.25) is 0 Å². The van der Waals surface area contributed by atoms with Crippen molar-refractivity contribution in [2.24, 2.45) is 5.92 Å². The summed E-state index contributed by atoms with van der Waals surface area (Å²) >= 11 is 0. The van der Waals surface area contributed by atoms with E-state index in [0.29, 0.717) is 0 Å². The summed E-state index contributed by atoms with van der Waals surface area (Å²) in [5, 5.41) is 20.3. The first-order valence-corrected chi connectivity index (χ1v) is 8.40. The summed E-state index contributed by atoms with van der Waals surface area (Å²) in [6.07, 6.45) is -1.18. The Morgan fingerprint density at radius 1 is 1.42 bits per heavy atom. The smallest absolute Gasteiger partial charge is 0.390 e. The average Bonchev–Trinajstić information content (AvgIpc) is 3.00. The molecule has 132 valence electrons. The summed E-state index contributed by atoms with van der Waals surface area (Å²) < 4.78 is 21.2. The van der Waals surface area contributed by atoms with Crippen LogP contribution in [-0.4, -0.2) is 53.3 Å². The van der Waals surface area contributed by atoms with Crippen LogP contribution in [0, 0.1) is 5.92 Å². The van der Waals surface area contributed by atoms with Gasteiger partial charge >= 0.3 is 13.4 Å². The van der Waals surface area contributed by atoms with E-state index in [-0.39, 0.29) is 23.6 Å². The van der Waals surface area contributed by atoms with Crippen LogP contribution in [-0.2, 0) is 9.09 Å². The van der Waals surface area contributed by atoms with Gasteiger partial charge in [0.15, 0.2) is 11.2 Å². The number of nitrogens with two attached hydrogens (primary N) is 1. The Morgan fingerprint density at radius 2 is 2.12 bits per heavy atom. The highest BCUT2D eigenvalue weighted by Crippen LogP contribution is 2.41. The van der Waals surface area contributed by atoms with Crippen LogP contribution in [0.4, 0.5) is 6.01 Å². The molecule has 24 heavy (non-hydrogen) atoms. The summed E-state index contributed by atoms with van der Waals surface area (Å²) in [6, 6.07) is -1.10. The zero-order chi connectivity index (χ0) is 17.6. The number of aliphatic hydroxyl groups is 2. The Kier molecular flexibility index (Phi) is 4.20. The predicted octanol–water partition coefficient (Wildman–Crippen LogP) is -1.64. The Morgan fingerprint density at radius 3 is 2.79 bits per heavy atom. The van der Waals surface area contributed by atoms with Crippen molar-refractivity contribution in [3.63, 3.8) is 0 Å². The summed E-state index contributed by atoms with van der Waals surface area (Å²) in [5.74, 6) is -0.729. The lowest BCUT2D eigenvalue weighted by molar-refractivity contribution is -0.00374. The molecule has 2 aromatic rings. The molecular formula is C11H15N4O8P. The lowest BCUT2D eigenvalue weighted by Gasteiger charge is -2.18. The largest absolute Gasteiger partial charge is 0.469 e. The number of nitrogens with zero attached hydrogens (tertiary/aromatic N) is 3. The van der Waals surface area contributed by atoms with E-state index in [1.54, 1.807) is 0 Å². The molecule has 2 aromatic heterocycles. The highest BCUT2D eigenvalue weighted by atomic mass is 31.2. The molecule has 4 atom stereocenters. The van der Waals surface area contributed by atoms with E-state index in [2.05, 4.69) is 18.9 Å². The quantitative estimate of drug-likeness (QED) is 0.391. The Bertz CT molecular complexity index is 859. The summed E-state index contributed by atoms with van der Waals surface area (Å²) in [6.45, 7) is -0.441. The first-order chi connectivity index (χ1) is 11.2. The maximum absolute atomic E-state index is 11.7. The summed E-state index contributed by atoms with van der Waals surface area (Å²) in [7, 11) is -4.69. The number of fused-ring (bicyclic) bond motifs is 1. The molecule has 0 aliphatic heterocycles. The number of rotatable bonds is 4. The monoisotopic (exact) mass is 362 g/mol. The van der Waals surface area contributed by atoms with Gasteiger partial charge in [-0.2, -0.15) is 4.98 Å². The van der Waals surface area contributed by atoms with Crippen LogP contribution in [0.5, 0.6) is 0 Å². The van der Waals surface area contributed by atoms with Crippen LogP contribution in [0.15, 0.2) is 15.5 Å². The molecule has 0 bridgehead atoms. The molecule has 0 radical (unpaired) electrons. The van der Waals surface area contributed by atoms with Crippen LogP contribution in [0.1, 0.15) is 12.5 Å². The number of aromatic nitrogens is 3. The number of hydrogen-bond acceptors (Lipinski definition) is 9. The maximum Gasteiger partial charge on any atom is 0.469 e. The molecule has 1 saturated carbocycles. The van der Waals surface area contributed by atoms with Crippen molar-refractivity contribution in [3.05, 3.63) is 16.7 Å². The fourth-order valence-electron chi connectivity index (χ4n) is 2.86. The lowest BCUT2D eigenvalue weighted by atomic mass is 10.1. The standard InChI is InChI=1S/C11H15N4O8P/c12-11-14-9-6(10(18)23-11)13-3-15(9)5-1-4(7(16)8(5)17)2-22-24(19,20)21/h3-5,7-8,16-17H,1-2H2,(H2,12,14)(H2,19,20,21)/t4?,5-,7-,8+/m1/s1. The van der Waals surface area contributed by atoms with E-state index >= 15 is 0 Å². The molecule has 1 unspecified atom stereocenters. The second-order valence-electron chi connectivity index (χ2n) is 5.49. The normalized spacial score (nSPS) is 27.8. The second-order valence-corrected chi connectivity index (χ2v) is 6.73. The zero-order valence-corrected chi connectivity index (χ0v) is 13.0. The van der Waals surface area contributed by atoms with Gasteiger partial charge in [-0.3, -0.25) is 4.52 Å². The lowest BCUT2D eigenvalue weighted by Crippen LogP contribution is -2.30. The van der Waals surface area contributed by atoms with Gasteiger partial charge in [0.2, 0.25) is 0 Å². The topological polar surface area (TPSA) is 194 Å². The number of imidazole rings is 1. The van der Waals surface area contributed by atoms with Crippen LogP contribution >= 0.6 is 7.82 Å². The molecule has 0 spiro atoms. The van der Waals surface area contributed by atoms with Crippen molar-refractivity contribution in [2.75, 3.05) is 12.3 Å². The fraction of sp³-hybridized carbons (Fsp3) is 0.545. The zero-order valence-electron chi connectivity index (χ0n) is 12.1. The molecule has 0 aromatic carbocycles. The fourth-order valence-corrected chi connectivity index (χ4v) is 3.24. The first kappa shape index (κ1) is 17.0. The van der Waals surface area contributed by atoms with E-state index in [0.717, 1.165) is 0 Å². The van der Waals surface area contributed by atoms with Gasteiger partial charge in [-0.1, -0.05) is 0 Å². The number of phosphoric ester groups is 1. The van der Waals surface area contributed by atoms with Gasteiger partial charge in [0, 0.05) is 5.92 Å². The van der Waals surface area contributed by atoms with Crippen molar-refractivity contribution in [1.29, 1.82) is 0 Å². The number of phosphoric acid groups is 1. The highest BCUT2D eigenvalue weighted by molar-refractivity contribution is 7.46. The molecule has 0 amide bonds. The minimum absolute atomic E-state index is 0.0801. The minimum atomic E-state index is -4.69. The van der Waals surface area contributed by atoms with E-state index in [1.165, 1.54) is 10.9 Å². The number of hydrogen-bond donors (Lipinski definition) is 5. The van der Waals surface area contributed by atoms with Crippen molar-refractivity contribution < 1.29 is 33.5 Å². The van der Waals surface area contributed by atoms with Crippen LogP contribution in [0.25, 0.3) is 11.2 Å². The Labute approximate surface area is 133 Å². The SMILES string of the molecule is Nc1nc2c(ncn2[C@@H]2CC(COP(=O)(O)O)[C@@H](O)[C@H]2O)c(=O)o1. The van der Waals surface area contributed by atoms with Crippen LogP contribution in [0.3, 0.4) is 0 Å². The molecule has 1 fully saturated rings. The van der Waals surface area contributed by atoms with Gasteiger partial charge in [0.1, 0.15) is 6.10 Å². The van der Waals surface area contributed by atoms with Gasteiger partial charge in [0.25, 0.3) is 6.01 Å². The number of nitrogen functional groups attached to an aromatic ring is 1. The molecule has 2 heterocycles. The van der Waals surface area contributed by atoms with E-state index in [9.17, 15) is 19.6 Å². The first-order valence-electron chi connectivity index (χ1n) is 6.87. The van der Waals surface area contributed by atoms with Crippen molar-refractivity contribution in [2.45, 2.75) is 24.7 Å². The van der Waals surface area contributed by atoms with E-state index < -0.39 is 44.2 Å². The Balaban J connectivity index is 1.90. The summed E-state index contributed by atoms with van der Waals surface area (Å²) in [4.78, 5) is 36.9. The number of anilines is 1. The van der Waals surface area contributed by atoms with E-state index in [4.69, 9.17) is 15.5 Å². The molecule has 12 nitrogen and oxygen atoms in total. The molecule has 3 rings (SSSR count). The maximum atomic E-state index is 11.7. The van der Waals surface area contributed by atoms with Gasteiger partial charge in [-0.05, 0) is 6.42 Å². The van der Waals surface area contributed by atoms with Gasteiger partial charge in [-0.15, -0.1) is 0 Å². The van der Waals surface area contributed by atoms with E-state index in [1.807, 2.05) is 0 Å². The average molecular weight is 362 g/mol. The van der Waals surface area contributed by atoms with Gasteiger partial charge in [0.05, 0.1) is 25.1 Å². The molecule has 1 aliphatic carbocycles. The molecule has 6 N–H and O–H groups in total. The second kappa shape index (κ2) is 5.92.